The highest BCUT2D eigenvalue weighted by Gasteiger charge is 2.08. The Morgan fingerprint density at radius 2 is 2.26 bits per heavy atom. The van der Waals surface area contributed by atoms with Crippen molar-refractivity contribution in [3.63, 3.8) is 0 Å². The monoisotopic (exact) mass is 255 g/mol. The van der Waals surface area contributed by atoms with E-state index in [0.717, 1.165) is 35.5 Å². The Labute approximate surface area is 111 Å². The number of aromatic nitrogens is 4. The van der Waals surface area contributed by atoms with Crippen molar-refractivity contribution < 1.29 is 0 Å². The Bertz CT molecular complexity index is 695. The molecule has 2 aromatic heterocycles. The van der Waals surface area contributed by atoms with Gasteiger partial charge in [0, 0.05) is 19.3 Å². The Balaban J connectivity index is 1.99. The van der Waals surface area contributed by atoms with Crippen LogP contribution in [0.1, 0.15) is 12.5 Å². The molecule has 3 aromatic rings. The summed E-state index contributed by atoms with van der Waals surface area (Å²) in [6, 6.07) is 6.30. The van der Waals surface area contributed by atoms with Crippen molar-refractivity contribution in [3.05, 3.63) is 36.3 Å². The highest BCUT2D eigenvalue weighted by molar-refractivity contribution is 5.79. The van der Waals surface area contributed by atoms with Gasteiger partial charge in [0.05, 0.1) is 17.4 Å². The largest absolute Gasteiger partial charge is 0.337 e. The van der Waals surface area contributed by atoms with Gasteiger partial charge >= 0.3 is 0 Å². The molecule has 0 aliphatic rings. The summed E-state index contributed by atoms with van der Waals surface area (Å²) >= 11 is 0. The lowest BCUT2D eigenvalue weighted by atomic mass is 10.1. The van der Waals surface area contributed by atoms with Gasteiger partial charge in [0.2, 0.25) is 0 Å². The van der Waals surface area contributed by atoms with E-state index in [1.807, 2.05) is 16.8 Å². The lowest BCUT2D eigenvalue weighted by Gasteiger charge is -1.94. The highest BCUT2D eigenvalue weighted by atomic mass is 15.1. The van der Waals surface area contributed by atoms with E-state index in [9.17, 15) is 0 Å². The zero-order chi connectivity index (χ0) is 13.2. The fraction of sp³-hybridized carbons (Fsp3) is 0.286. The summed E-state index contributed by atoms with van der Waals surface area (Å²) in [4.78, 5) is 12.2. The van der Waals surface area contributed by atoms with Gasteiger partial charge in [-0.25, -0.2) is 9.97 Å². The van der Waals surface area contributed by atoms with Crippen LogP contribution in [0.3, 0.4) is 0 Å². The quantitative estimate of drug-likeness (QED) is 0.748. The minimum absolute atomic E-state index is 0.607. The van der Waals surface area contributed by atoms with E-state index < -0.39 is 0 Å². The molecule has 19 heavy (non-hydrogen) atoms. The second-order valence-corrected chi connectivity index (χ2v) is 4.58. The van der Waals surface area contributed by atoms with Crippen LogP contribution in [0.15, 0.2) is 30.7 Å². The van der Waals surface area contributed by atoms with Crippen LogP contribution in [0.5, 0.6) is 0 Å². The SMILES string of the molecule is CCc1ccc2nc(-c3cn(CCN)cn3)[nH]c2c1. The molecule has 0 saturated heterocycles. The number of aromatic amines is 1. The zero-order valence-electron chi connectivity index (χ0n) is 10.9. The highest BCUT2D eigenvalue weighted by Crippen LogP contribution is 2.20. The van der Waals surface area contributed by atoms with E-state index in [-0.39, 0.29) is 0 Å². The zero-order valence-corrected chi connectivity index (χ0v) is 10.9. The third-order valence-corrected chi connectivity index (χ3v) is 3.22. The van der Waals surface area contributed by atoms with E-state index in [2.05, 4.69) is 34.0 Å². The number of imidazole rings is 2. The molecule has 0 bridgehead atoms. The molecule has 0 radical (unpaired) electrons. The summed E-state index contributed by atoms with van der Waals surface area (Å²) in [5.41, 5.74) is 9.71. The van der Waals surface area contributed by atoms with Crippen molar-refractivity contribution in [1.29, 1.82) is 0 Å². The lowest BCUT2D eigenvalue weighted by Crippen LogP contribution is -2.07. The van der Waals surface area contributed by atoms with E-state index in [0.29, 0.717) is 6.54 Å². The molecule has 0 unspecified atom stereocenters. The van der Waals surface area contributed by atoms with E-state index >= 15 is 0 Å². The predicted molar refractivity (Wildman–Crippen MR) is 75.7 cm³/mol. The molecule has 0 fully saturated rings. The van der Waals surface area contributed by atoms with Crippen LogP contribution in [0, 0.1) is 0 Å². The molecule has 0 atom stereocenters. The fourth-order valence-corrected chi connectivity index (χ4v) is 2.15. The van der Waals surface area contributed by atoms with Gasteiger partial charge in [-0.1, -0.05) is 13.0 Å². The molecule has 0 saturated carbocycles. The first kappa shape index (κ1) is 11.9. The maximum absolute atomic E-state index is 5.53. The van der Waals surface area contributed by atoms with Gasteiger partial charge in [0.25, 0.3) is 0 Å². The number of H-pyrrole nitrogens is 1. The predicted octanol–water partition coefficient (Wildman–Crippen LogP) is 1.95. The first-order valence-corrected chi connectivity index (χ1v) is 6.51. The molecule has 1 aromatic carbocycles. The Morgan fingerprint density at radius 1 is 1.37 bits per heavy atom. The third kappa shape index (κ3) is 2.24. The van der Waals surface area contributed by atoms with Crippen LogP contribution in [-0.2, 0) is 13.0 Å². The second-order valence-electron chi connectivity index (χ2n) is 4.58. The fourth-order valence-electron chi connectivity index (χ4n) is 2.15. The van der Waals surface area contributed by atoms with Crippen molar-refractivity contribution in [2.24, 2.45) is 5.73 Å². The van der Waals surface area contributed by atoms with Crippen molar-refractivity contribution >= 4 is 11.0 Å². The number of fused-ring (bicyclic) bond motifs is 1. The van der Waals surface area contributed by atoms with Gasteiger partial charge < -0.3 is 15.3 Å². The molecule has 5 heteroatoms. The molecule has 5 nitrogen and oxygen atoms in total. The molecular weight excluding hydrogens is 238 g/mol. The summed E-state index contributed by atoms with van der Waals surface area (Å²) in [5.74, 6) is 0.805. The molecule has 3 rings (SSSR count). The molecular formula is C14H17N5. The second kappa shape index (κ2) is 4.85. The number of nitrogens with one attached hydrogen (secondary N) is 1. The number of nitrogens with two attached hydrogens (primary N) is 1. The molecule has 0 spiro atoms. The molecule has 0 aliphatic heterocycles. The maximum Gasteiger partial charge on any atom is 0.158 e. The summed E-state index contributed by atoms with van der Waals surface area (Å²) in [5, 5.41) is 0. The first-order chi connectivity index (χ1) is 9.30. The number of hydrogen-bond acceptors (Lipinski definition) is 3. The number of benzene rings is 1. The van der Waals surface area contributed by atoms with E-state index in [1.54, 1.807) is 6.33 Å². The number of nitrogens with zero attached hydrogens (tertiary/aromatic N) is 3. The van der Waals surface area contributed by atoms with E-state index in [4.69, 9.17) is 5.73 Å². The minimum atomic E-state index is 0.607. The van der Waals surface area contributed by atoms with Crippen molar-refractivity contribution in [1.82, 2.24) is 19.5 Å². The maximum atomic E-state index is 5.53. The van der Waals surface area contributed by atoms with Crippen molar-refractivity contribution in [3.8, 4) is 11.5 Å². The Hall–Kier alpha value is -2.14. The van der Waals surface area contributed by atoms with Gasteiger partial charge in [0.1, 0.15) is 5.69 Å². The normalized spacial score (nSPS) is 11.3. The van der Waals surface area contributed by atoms with Gasteiger partial charge in [-0.3, -0.25) is 0 Å². The summed E-state index contributed by atoms with van der Waals surface area (Å²) in [6.45, 7) is 3.52. The molecule has 98 valence electrons. The van der Waals surface area contributed by atoms with Gasteiger partial charge in [0.15, 0.2) is 5.82 Å². The molecule has 2 heterocycles. The molecule has 0 aliphatic carbocycles. The first-order valence-electron chi connectivity index (χ1n) is 6.51. The topological polar surface area (TPSA) is 72.5 Å². The van der Waals surface area contributed by atoms with Crippen LogP contribution < -0.4 is 5.73 Å². The average Bonchev–Trinajstić information content (AvgIpc) is 3.03. The smallest absolute Gasteiger partial charge is 0.158 e. The number of rotatable bonds is 4. The summed E-state index contributed by atoms with van der Waals surface area (Å²) in [6.07, 6.45) is 4.77. The van der Waals surface area contributed by atoms with Crippen molar-refractivity contribution in [2.75, 3.05) is 6.54 Å². The van der Waals surface area contributed by atoms with E-state index in [1.165, 1.54) is 5.56 Å². The average molecular weight is 255 g/mol. The molecule has 0 amide bonds. The number of hydrogen-bond donors (Lipinski definition) is 2. The van der Waals surface area contributed by atoms with Gasteiger partial charge in [-0.05, 0) is 24.1 Å². The Kier molecular flexibility index (Phi) is 3.05. The van der Waals surface area contributed by atoms with Crippen LogP contribution in [-0.4, -0.2) is 26.1 Å². The van der Waals surface area contributed by atoms with Crippen LogP contribution in [0.4, 0.5) is 0 Å². The van der Waals surface area contributed by atoms with Crippen LogP contribution >= 0.6 is 0 Å². The van der Waals surface area contributed by atoms with Crippen molar-refractivity contribution in [2.45, 2.75) is 19.9 Å². The minimum Gasteiger partial charge on any atom is -0.337 e. The lowest BCUT2D eigenvalue weighted by molar-refractivity contribution is 0.708. The standard InChI is InChI=1S/C14H17N5/c1-2-10-3-4-11-12(7-10)18-14(17-11)13-8-19(6-5-15)9-16-13/h3-4,7-9H,2,5-6,15H2,1H3,(H,17,18). The number of aryl methyl sites for hydroxylation is 1. The van der Waals surface area contributed by atoms with Crippen LogP contribution in [0.25, 0.3) is 22.6 Å². The van der Waals surface area contributed by atoms with Gasteiger partial charge in [-0.15, -0.1) is 0 Å². The third-order valence-electron chi connectivity index (χ3n) is 3.22. The van der Waals surface area contributed by atoms with Gasteiger partial charge in [-0.2, -0.15) is 0 Å². The molecule has 3 N–H and O–H groups in total. The summed E-state index contributed by atoms with van der Waals surface area (Å²) in [7, 11) is 0. The summed E-state index contributed by atoms with van der Waals surface area (Å²) < 4.78 is 1.97. The van der Waals surface area contributed by atoms with Crippen LogP contribution in [0.2, 0.25) is 0 Å². The Morgan fingerprint density at radius 3 is 3.05 bits per heavy atom.